The lowest BCUT2D eigenvalue weighted by molar-refractivity contribution is -0.140. The summed E-state index contributed by atoms with van der Waals surface area (Å²) in [6.07, 6.45) is 8.30. The van der Waals surface area contributed by atoms with E-state index < -0.39 is 0 Å². The number of carbonyl (C=O) groups excluding carboxylic acids is 1. The molecule has 1 fully saturated rings. The van der Waals surface area contributed by atoms with Crippen molar-refractivity contribution >= 4 is 5.91 Å². The summed E-state index contributed by atoms with van der Waals surface area (Å²) >= 11 is 0. The van der Waals surface area contributed by atoms with Crippen molar-refractivity contribution < 1.29 is 4.79 Å². The van der Waals surface area contributed by atoms with E-state index in [1.165, 1.54) is 32.1 Å². The number of carbonyl (C=O) groups is 1. The molecule has 0 saturated heterocycles. The summed E-state index contributed by atoms with van der Waals surface area (Å²) in [6.45, 7) is 11.9. The molecule has 1 saturated carbocycles. The van der Waals surface area contributed by atoms with Crippen LogP contribution in [0, 0.1) is 11.3 Å². The number of hydrogen-bond acceptors (Lipinski definition) is 1. The average molecular weight is 267 g/mol. The standard InChI is InChI=1S/C17H33NO/c1-6-14(7-2)16(19)18(13-17(3,4)5)15-11-9-8-10-12-15/h14-15H,6-13H2,1-5H3. The van der Waals surface area contributed by atoms with E-state index in [9.17, 15) is 4.79 Å². The molecule has 2 nitrogen and oxygen atoms in total. The zero-order valence-corrected chi connectivity index (χ0v) is 13.7. The van der Waals surface area contributed by atoms with Crippen LogP contribution in [0.25, 0.3) is 0 Å². The van der Waals surface area contributed by atoms with Crippen LogP contribution in [0.1, 0.15) is 79.6 Å². The normalized spacial score (nSPS) is 17.8. The number of rotatable bonds is 5. The van der Waals surface area contributed by atoms with Crippen LogP contribution in [0.4, 0.5) is 0 Å². The van der Waals surface area contributed by atoms with Gasteiger partial charge in [0, 0.05) is 18.5 Å². The van der Waals surface area contributed by atoms with E-state index in [4.69, 9.17) is 0 Å². The van der Waals surface area contributed by atoms with Gasteiger partial charge in [-0.3, -0.25) is 4.79 Å². The Labute approximate surface area is 119 Å². The van der Waals surface area contributed by atoms with Gasteiger partial charge in [-0.2, -0.15) is 0 Å². The van der Waals surface area contributed by atoms with Gasteiger partial charge in [-0.05, 0) is 31.1 Å². The van der Waals surface area contributed by atoms with Crippen molar-refractivity contribution in [3.05, 3.63) is 0 Å². The highest BCUT2D eigenvalue weighted by molar-refractivity contribution is 5.79. The Balaban J connectivity index is 2.81. The Morgan fingerprint density at radius 2 is 1.63 bits per heavy atom. The molecule has 0 aromatic rings. The first-order valence-corrected chi connectivity index (χ1v) is 8.19. The monoisotopic (exact) mass is 267 g/mol. The van der Waals surface area contributed by atoms with Crippen LogP contribution in [0.3, 0.4) is 0 Å². The van der Waals surface area contributed by atoms with E-state index in [1.807, 2.05) is 0 Å². The van der Waals surface area contributed by atoms with E-state index in [1.54, 1.807) is 0 Å². The van der Waals surface area contributed by atoms with Crippen molar-refractivity contribution in [1.29, 1.82) is 0 Å². The maximum absolute atomic E-state index is 12.8. The lowest BCUT2D eigenvalue weighted by atomic mass is 9.88. The van der Waals surface area contributed by atoms with Gasteiger partial charge in [0.25, 0.3) is 0 Å². The molecule has 1 rings (SSSR count). The van der Waals surface area contributed by atoms with Crippen molar-refractivity contribution in [1.82, 2.24) is 4.90 Å². The minimum atomic E-state index is 0.194. The molecule has 1 aliphatic carbocycles. The van der Waals surface area contributed by atoms with Gasteiger partial charge in [-0.1, -0.05) is 53.9 Å². The van der Waals surface area contributed by atoms with Crippen LogP contribution in [0.5, 0.6) is 0 Å². The summed E-state index contributed by atoms with van der Waals surface area (Å²) in [7, 11) is 0. The zero-order valence-electron chi connectivity index (χ0n) is 13.7. The first kappa shape index (κ1) is 16.5. The lowest BCUT2D eigenvalue weighted by Gasteiger charge is -2.40. The average Bonchev–Trinajstić information content (AvgIpc) is 2.37. The molecule has 0 aromatic heterocycles. The summed E-state index contributed by atoms with van der Waals surface area (Å²) < 4.78 is 0. The van der Waals surface area contributed by atoms with Crippen LogP contribution < -0.4 is 0 Å². The number of amides is 1. The third-order valence-corrected chi connectivity index (χ3v) is 4.28. The van der Waals surface area contributed by atoms with Gasteiger partial charge in [0.1, 0.15) is 0 Å². The molecular formula is C17H33NO. The maximum Gasteiger partial charge on any atom is 0.225 e. The fourth-order valence-corrected chi connectivity index (χ4v) is 3.16. The van der Waals surface area contributed by atoms with Gasteiger partial charge in [-0.15, -0.1) is 0 Å². The minimum absolute atomic E-state index is 0.194. The van der Waals surface area contributed by atoms with E-state index in [0.29, 0.717) is 11.9 Å². The van der Waals surface area contributed by atoms with Crippen molar-refractivity contribution in [2.45, 2.75) is 85.6 Å². The van der Waals surface area contributed by atoms with Crippen LogP contribution in [-0.4, -0.2) is 23.4 Å². The second-order valence-corrected chi connectivity index (χ2v) is 7.33. The largest absolute Gasteiger partial charge is 0.339 e. The molecule has 0 spiro atoms. The van der Waals surface area contributed by atoms with Gasteiger partial charge in [0.05, 0.1) is 0 Å². The SMILES string of the molecule is CCC(CC)C(=O)N(CC(C)(C)C)C1CCCCC1. The first-order chi connectivity index (χ1) is 8.89. The van der Waals surface area contributed by atoms with Crippen molar-refractivity contribution in [3.63, 3.8) is 0 Å². The highest BCUT2D eigenvalue weighted by Crippen LogP contribution is 2.28. The van der Waals surface area contributed by atoms with Crippen molar-refractivity contribution in [2.75, 3.05) is 6.54 Å². The van der Waals surface area contributed by atoms with E-state index in [-0.39, 0.29) is 11.3 Å². The molecule has 0 unspecified atom stereocenters. The summed E-state index contributed by atoms with van der Waals surface area (Å²) in [5.74, 6) is 0.635. The lowest BCUT2D eigenvalue weighted by Crippen LogP contribution is -2.48. The second kappa shape index (κ2) is 7.31. The molecule has 19 heavy (non-hydrogen) atoms. The molecule has 0 radical (unpaired) electrons. The highest BCUT2D eigenvalue weighted by Gasteiger charge is 2.31. The molecule has 1 amide bonds. The van der Waals surface area contributed by atoms with Crippen LogP contribution in [0.15, 0.2) is 0 Å². The fraction of sp³-hybridized carbons (Fsp3) is 0.941. The second-order valence-electron chi connectivity index (χ2n) is 7.33. The molecular weight excluding hydrogens is 234 g/mol. The maximum atomic E-state index is 12.8. The van der Waals surface area contributed by atoms with E-state index in [0.717, 1.165) is 19.4 Å². The zero-order chi connectivity index (χ0) is 14.5. The van der Waals surface area contributed by atoms with Gasteiger partial charge in [-0.25, -0.2) is 0 Å². The third-order valence-electron chi connectivity index (χ3n) is 4.28. The van der Waals surface area contributed by atoms with Crippen LogP contribution in [0.2, 0.25) is 0 Å². The molecule has 0 aromatic carbocycles. The van der Waals surface area contributed by atoms with Crippen molar-refractivity contribution in [3.8, 4) is 0 Å². The quantitative estimate of drug-likeness (QED) is 0.711. The molecule has 112 valence electrons. The number of hydrogen-bond donors (Lipinski definition) is 0. The summed E-state index contributed by atoms with van der Waals surface area (Å²) in [4.78, 5) is 15.0. The predicted octanol–water partition coefficient (Wildman–Crippen LogP) is 4.63. The van der Waals surface area contributed by atoms with Gasteiger partial charge in [0.15, 0.2) is 0 Å². The minimum Gasteiger partial charge on any atom is -0.339 e. The van der Waals surface area contributed by atoms with Crippen molar-refractivity contribution in [2.24, 2.45) is 11.3 Å². The molecule has 0 atom stereocenters. The summed E-state index contributed by atoms with van der Waals surface area (Å²) in [5.41, 5.74) is 0.194. The Morgan fingerprint density at radius 1 is 1.11 bits per heavy atom. The highest BCUT2D eigenvalue weighted by atomic mass is 16.2. The molecule has 0 N–H and O–H groups in total. The third kappa shape index (κ3) is 5.16. The Hall–Kier alpha value is -0.530. The molecule has 1 aliphatic rings. The van der Waals surface area contributed by atoms with Gasteiger partial charge < -0.3 is 4.90 Å². The first-order valence-electron chi connectivity index (χ1n) is 8.19. The number of nitrogens with zero attached hydrogens (tertiary/aromatic N) is 1. The molecule has 2 heteroatoms. The van der Waals surface area contributed by atoms with E-state index >= 15 is 0 Å². The topological polar surface area (TPSA) is 20.3 Å². The van der Waals surface area contributed by atoms with Crippen LogP contribution in [-0.2, 0) is 4.79 Å². The summed E-state index contributed by atoms with van der Waals surface area (Å²) in [6, 6.07) is 0.501. The van der Waals surface area contributed by atoms with Gasteiger partial charge >= 0.3 is 0 Å². The Bertz CT molecular complexity index is 269. The van der Waals surface area contributed by atoms with Crippen LogP contribution >= 0.6 is 0 Å². The molecule has 0 bridgehead atoms. The molecule has 0 aliphatic heterocycles. The predicted molar refractivity (Wildman–Crippen MR) is 82.1 cm³/mol. The Kier molecular flexibility index (Phi) is 6.35. The Morgan fingerprint density at radius 3 is 2.05 bits per heavy atom. The molecule has 0 heterocycles. The smallest absolute Gasteiger partial charge is 0.225 e. The fourth-order valence-electron chi connectivity index (χ4n) is 3.16. The summed E-state index contributed by atoms with van der Waals surface area (Å²) in [5, 5.41) is 0. The van der Waals surface area contributed by atoms with E-state index in [2.05, 4.69) is 39.5 Å². The van der Waals surface area contributed by atoms with Gasteiger partial charge in [0.2, 0.25) is 5.91 Å².